The highest BCUT2D eigenvalue weighted by Crippen LogP contribution is 2.30. The number of carbonyl (C=O) groups is 2. The molecule has 4 rings (SSSR count). The molecule has 2 amide bonds. The number of likely N-dealkylation sites (tertiary alicyclic amines) is 1. The van der Waals surface area contributed by atoms with E-state index in [0.29, 0.717) is 23.3 Å². The first-order chi connectivity index (χ1) is 17.1. The average molecular weight is 496 g/mol. The first-order valence-corrected chi connectivity index (χ1v) is 12.6. The van der Waals surface area contributed by atoms with E-state index in [1.165, 1.54) is 11.8 Å². The minimum Gasteiger partial charge on any atom is -0.497 e. The molecule has 1 N–H and O–H groups in total. The summed E-state index contributed by atoms with van der Waals surface area (Å²) in [5, 5.41) is 12.1. The number of rotatable bonds is 10. The SMILES string of the molecule is CCOc1ccc(-n2c(SCC(=O)NCC(=O)N3CCCC3)nnc2-c2cccc(OC)c2)cc1. The number of amides is 2. The van der Waals surface area contributed by atoms with Gasteiger partial charge in [0.05, 0.1) is 26.0 Å². The number of benzene rings is 2. The molecule has 1 fully saturated rings. The molecule has 184 valence electrons. The Labute approximate surface area is 208 Å². The summed E-state index contributed by atoms with van der Waals surface area (Å²) >= 11 is 1.26. The predicted molar refractivity (Wildman–Crippen MR) is 134 cm³/mol. The number of ether oxygens (including phenoxy) is 2. The van der Waals surface area contributed by atoms with Gasteiger partial charge in [-0.25, -0.2) is 0 Å². The second-order valence-electron chi connectivity index (χ2n) is 7.95. The summed E-state index contributed by atoms with van der Waals surface area (Å²) in [5.41, 5.74) is 1.67. The summed E-state index contributed by atoms with van der Waals surface area (Å²) in [4.78, 5) is 26.5. The monoisotopic (exact) mass is 495 g/mol. The number of thioether (sulfide) groups is 1. The quantitative estimate of drug-likeness (QED) is 0.432. The lowest BCUT2D eigenvalue weighted by molar-refractivity contribution is -0.131. The van der Waals surface area contributed by atoms with Gasteiger partial charge < -0.3 is 19.7 Å². The van der Waals surface area contributed by atoms with Gasteiger partial charge in [-0.15, -0.1) is 10.2 Å². The summed E-state index contributed by atoms with van der Waals surface area (Å²) in [6.07, 6.45) is 2.04. The molecule has 0 saturated carbocycles. The van der Waals surface area contributed by atoms with Crippen LogP contribution < -0.4 is 14.8 Å². The van der Waals surface area contributed by atoms with Gasteiger partial charge in [0.1, 0.15) is 11.5 Å². The van der Waals surface area contributed by atoms with Crippen molar-refractivity contribution in [3.63, 3.8) is 0 Å². The average Bonchev–Trinajstić information content (AvgIpc) is 3.57. The third-order valence-corrected chi connectivity index (χ3v) is 6.52. The molecule has 0 aliphatic carbocycles. The molecule has 35 heavy (non-hydrogen) atoms. The van der Waals surface area contributed by atoms with Gasteiger partial charge in [0.25, 0.3) is 0 Å². The van der Waals surface area contributed by atoms with E-state index in [1.54, 1.807) is 12.0 Å². The highest BCUT2D eigenvalue weighted by atomic mass is 32.2. The first kappa shape index (κ1) is 24.6. The number of aromatic nitrogens is 3. The third-order valence-electron chi connectivity index (χ3n) is 5.60. The van der Waals surface area contributed by atoms with Gasteiger partial charge in [-0.05, 0) is 56.2 Å². The number of nitrogens with zero attached hydrogens (tertiary/aromatic N) is 4. The van der Waals surface area contributed by atoms with E-state index in [4.69, 9.17) is 9.47 Å². The number of carbonyl (C=O) groups excluding carboxylic acids is 2. The Bertz CT molecular complexity index is 1160. The molecular weight excluding hydrogens is 466 g/mol. The lowest BCUT2D eigenvalue weighted by Crippen LogP contribution is -2.39. The van der Waals surface area contributed by atoms with Crippen LogP contribution in [0.4, 0.5) is 0 Å². The van der Waals surface area contributed by atoms with Crippen LogP contribution in [0.25, 0.3) is 17.1 Å². The van der Waals surface area contributed by atoms with Crippen LogP contribution in [-0.2, 0) is 9.59 Å². The Hall–Kier alpha value is -3.53. The van der Waals surface area contributed by atoms with Gasteiger partial charge in [-0.3, -0.25) is 14.2 Å². The maximum atomic E-state index is 12.5. The van der Waals surface area contributed by atoms with Gasteiger partial charge >= 0.3 is 0 Å². The zero-order valence-electron chi connectivity index (χ0n) is 19.9. The van der Waals surface area contributed by atoms with E-state index in [0.717, 1.165) is 42.9 Å². The van der Waals surface area contributed by atoms with Gasteiger partial charge in [0, 0.05) is 24.3 Å². The molecule has 0 radical (unpaired) electrons. The van der Waals surface area contributed by atoms with Crippen molar-refractivity contribution in [1.29, 1.82) is 0 Å². The minimum atomic E-state index is -0.230. The predicted octanol–water partition coefficient (Wildman–Crippen LogP) is 3.17. The smallest absolute Gasteiger partial charge is 0.241 e. The Morgan fingerprint density at radius 3 is 2.54 bits per heavy atom. The normalized spacial score (nSPS) is 13.0. The van der Waals surface area contributed by atoms with Crippen LogP contribution in [0.1, 0.15) is 19.8 Å². The van der Waals surface area contributed by atoms with E-state index >= 15 is 0 Å². The Morgan fingerprint density at radius 2 is 1.83 bits per heavy atom. The highest BCUT2D eigenvalue weighted by molar-refractivity contribution is 7.99. The van der Waals surface area contributed by atoms with Crippen molar-refractivity contribution in [2.45, 2.75) is 24.9 Å². The number of methoxy groups -OCH3 is 1. The number of nitrogens with one attached hydrogen (secondary N) is 1. The lowest BCUT2D eigenvalue weighted by Gasteiger charge is -2.15. The van der Waals surface area contributed by atoms with Crippen LogP contribution in [-0.4, -0.2) is 70.6 Å². The summed E-state index contributed by atoms with van der Waals surface area (Å²) < 4.78 is 12.8. The van der Waals surface area contributed by atoms with E-state index in [2.05, 4.69) is 15.5 Å². The van der Waals surface area contributed by atoms with E-state index < -0.39 is 0 Å². The van der Waals surface area contributed by atoms with Crippen molar-refractivity contribution < 1.29 is 19.1 Å². The zero-order valence-corrected chi connectivity index (χ0v) is 20.7. The molecule has 10 heteroatoms. The Morgan fingerprint density at radius 1 is 1.06 bits per heavy atom. The molecule has 3 aromatic rings. The van der Waals surface area contributed by atoms with Crippen molar-refractivity contribution in [1.82, 2.24) is 25.0 Å². The first-order valence-electron chi connectivity index (χ1n) is 11.6. The van der Waals surface area contributed by atoms with Crippen molar-refractivity contribution in [2.24, 2.45) is 0 Å². The van der Waals surface area contributed by atoms with Gasteiger partial charge in [-0.2, -0.15) is 0 Å². The summed E-state index contributed by atoms with van der Waals surface area (Å²) in [6, 6.07) is 15.2. The molecule has 0 spiro atoms. The van der Waals surface area contributed by atoms with Gasteiger partial charge in [-0.1, -0.05) is 23.9 Å². The van der Waals surface area contributed by atoms with E-state index in [9.17, 15) is 9.59 Å². The molecule has 9 nitrogen and oxygen atoms in total. The molecule has 1 aliphatic heterocycles. The Kier molecular flexibility index (Phi) is 8.25. The molecule has 2 aromatic carbocycles. The van der Waals surface area contributed by atoms with Gasteiger partial charge in [0.2, 0.25) is 11.8 Å². The fraction of sp³-hybridized carbons (Fsp3) is 0.360. The molecule has 1 aliphatic rings. The molecule has 2 heterocycles. The molecule has 0 atom stereocenters. The van der Waals surface area contributed by atoms with E-state index in [1.807, 2.05) is 60.0 Å². The summed E-state index contributed by atoms with van der Waals surface area (Å²) in [6.45, 7) is 4.06. The second-order valence-corrected chi connectivity index (χ2v) is 8.90. The summed E-state index contributed by atoms with van der Waals surface area (Å²) in [5.74, 6) is 1.94. The largest absolute Gasteiger partial charge is 0.497 e. The standard InChI is InChI=1S/C25H29N5O4S/c1-3-34-20-11-9-19(10-12-20)30-24(18-7-6-8-21(15-18)33-2)27-28-25(30)35-17-22(31)26-16-23(32)29-13-4-5-14-29/h6-12,15H,3-5,13-14,16-17H2,1-2H3,(H,26,31). The van der Waals surface area contributed by atoms with Crippen LogP contribution in [0.5, 0.6) is 11.5 Å². The number of hydrogen-bond donors (Lipinski definition) is 1. The maximum Gasteiger partial charge on any atom is 0.241 e. The molecular formula is C25H29N5O4S. The van der Waals surface area contributed by atoms with Crippen LogP contribution in [0.3, 0.4) is 0 Å². The van der Waals surface area contributed by atoms with Crippen LogP contribution >= 0.6 is 11.8 Å². The van der Waals surface area contributed by atoms with Crippen LogP contribution in [0.2, 0.25) is 0 Å². The summed E-state index contributed by atoms with van der Waals surface area (Å²) in [7, 11) is 1.62. The molecule has 1 aromatic heterocycles. The van der Waals surface area contributed by atoms with Crippen molar-refractivity contribution in [3.8, 4) is 28.6 Å². The fourth-order valence-electron chi connectivity index (χ4n) is 3.84. The Balaban J connectivity index is 1.52. The second kappa shape index (κ2) is 11.7. The third kappa shape index (κ3) is 6.13. The topological polar surface area (TPSA) is 98.6 Å². The van der Waals surface area contributed by atoms with Gasteiger partial charge in [0.15, 0.2) is 11.0 Å². The van der Waals surface area contributed by atoms with Crippen LogP contribution in [0, 0.1) is 0 Å². The number of hydrogen-bond acceptors (Lipinski definition) is 7. The minimum absolute atomic E-state index is 0.0139. The maximum absolute atomic E-state index is 12.5. The van der Waals surface area contributed by atoms with Crippen LogP contribution in [0.15, 0.2) is 53.7 Å². The highest BCUT2D eigenvalue weighted by Gasteiger charge is 2.20. The lowest BCUT2D eigenvalue weighted by atomic mass is 10.2. The fourth-order valence-corrected chi connectivity index (χ4v) is 4.62. The van der Waals surface area contributed by atoms with E-state index in [-0.39, 0.29) is 24.1 Å². The molecule has 0 bridgehead atoms. The van der Waals surface area contributed by atoms with Crippen molar-refractivity contribution >= 4 is 23.6 Å². The zero-order chi connectivity index (χ0) is 24.6. The van der Waals surface area contributed by atoms with Crippen molar-refractivity contribution in [3.05, 3.63) is 48.5 Å². The van der Waals surface area contributed by atoms with Crippen molar-refractivity contribution in [2.75, 3.05) is 39.1 Å². The molecule has 1 saturated heterocycles. The molecule has 0 unspecified atom stereocenters.